The zero-order chi connectivity index (χ0) is 29.4. The molecule has 2 fully saturated rings. The van der Waals surface area contributed by atoms with Gasteiger partial charge in [-0.1, -0.05) is 18.9 Å². The van der Waals surface area contributed by atoms with E-state index in [1.807, 2.05) is 6.07 Å². The topological polar surface area (TPSA) is 178 Å². The zero-order valence-electron chi connectivity index (χ0n) is 22.7. The number of amides is 3. The molecule has 2 saturated heterocycles. The predicted octanol–water partition coefficient (Wildman–Crippen LogP) is 3.20. The molecule has 4 aromatic rings. The van der Waals surface area contributed by atoms with E-state index in [0.29, 0.717) is 39.8 Å². The van der Waals surface area contributed by atoms with Crippen molar-refractivity contribution in [1.82, 2.24) is 30.5 Å². The second kappa shape index (κ2) is 11.6. The quantitative estimate of drug-likeness (QED) is 0.198. The number of carbonyl (C=O) groups is 3. The average molecular weight is 611 g/mol. The molecule has 0 spiro atoms. The van der Waals surface area contributed by atoms with Crippen LogP contribution >= 0.6 is 18.9 Å². The van der Waals surface area contributed by atoms with Gasteiger partial charge >= 0.3 is 7.60 Å². The second-order valence-corrected chi connectivity index (χ2v) is 13.7. The van der Waals surface area contributed by atoms with Crippen LogP contribution in [0.25, 0.3) is 21.3 Å². The van der Waals surface area contributed by atoms with Gasteiger partial charge in [-0.15, -0.1) is 11.3 Å². The predicted molar refractivity (Wildman–Crippen MR) is 157 cm³/mol. The third-order valence-electron chi connectivity index (χ3n) is 7.93. The first-order valence-corrected chi connectivity index (χ1v) is 16.5. The SMILES string of the molecule is O=C(N[C@H]1CCCC[C@H]2CC[C@@H](C(=O)NCc3cnc4[nH]cnc4c3)N2C1=O)c1cc2cc(CP(=O)(O)O)ccc2s1. The summed E-state index contributed by atoms with van der Waals surface area (Å²) in [5.74, 6) is -0.853. The number of nitrogens with one attached hydrogen (secondary N) is 3. The van der Waals surface area contributed by atoms with Crippen molar-refractivity contribution < 1.29 is 28.7 Å². The van der Waals surface area contributed by atoms with E-state index in [1.165, 1.54) is 11.3 Å². The molecule has 0 aliphatic carbocycles. The number of hydrogen-bond donors (Lipinski definition) is 5. The Morgan fingerprint density at radius 1 is 1.07 bits per heavy atom. The molecule has 3 aromatic heterocycles. The largest absolute Gasteiger partial charge is 0.350 e. The van der Waals surface area contributed by atoms with Gasteiger partial charge in [0.1, 0.15) is 17.6 Å². The minimum atomic E-state index is -4.22. The number of imidazole rings is 1. The first kappa shape index (κ1) is 28.5. The van der Waals surface area contributed by atoms with Crippen molar-refractivity contribution in [2.75, 3.05) is 0 Å². The van der Waals surface area contributed by atoms with Crippen LogP contribution in [0, 0.1) is 0 Å². The number of thiophene rings is 1. The van der Waals surface area contributed by atoms with Crippen LogP contribution in [-0.2, 0) is 26.9 Å². The summed E-state index contributed by atoms with van der Waals surface area (Å²) in [6, 6.07) is 7.17. The highest BCUT2D eigenvalue weighted by Crippen LogP contribution is 2.40. The molecule has 0 saturated carbocycles. The number of H-pyrrole nitrogens is 1. The van der Waals surface area contributed by atoms with Crippen molar-refractivity contribution in [3.8, 4) is 0 Å². The molecule has 3 amide bonds. The zero-order valence-corrected chi connectivity index (χ0v) is 24.4. The Morgan fingerprint density at radius 2 is 1.90 bits per heavy atom. The number of aromatic amines is 1. The normalized spacial score (nSPS) is 21.2. The number of pyridine rings is 1. The number of carbonyl (C=O) groups excluding carboxylic acids is 3. The summed E-state index contributed by atoms with van der Waals surface area (Å²) in [5.41, 5.74) is 2.67. The smallest absolute Gasteiger partial charge is 0.329 e. The maximum Gasteiger partial charge on any atom is 0.329 e. The highest BCUT2D eigenvalue weighted by Gasteiger charge is 2.43. The fraction of sp³-hybridized carbons (Fsp3) is 0.393. The van der Waals surface area contributed by atoms with Crippen LogP contribution in [0.4, 0.5) is 0 Å². The van der Waals surface area contributed by atoms with E-state index in [1.54, 1.807) is 41.7 Å². The van der Waals surface area contributed by atoms with Gasteiger partial charge in [0.2, 0.25) is 11.8 Å². The van der Waals surface area contributed by atoms with Crippen molar-refractivity contribution in [1.29, 1.82) is 0 Å². The van der Waals surface area contributed by atoms with Crippen molar-refractivity contribution >= 4 is 57.9 Å². The maximum atomic E-state index is 13.8. The van der Waals surface area contributed by atoms with E-state index in [0.717, 1.165) is 35.9 Å². The molecule has 3 atom stereocenters. The van der Waals surface area contributed by atoms with Crippen LogP contribution in [0.2, 0.25) is 0 Å². The molecule has 0 unspecified atom stereocenters. The first-order chi connectivity index (χ1) is 20.1. The van der Waals surface area contributed by atoms with Gasteiger partial charge in [0.15, 0.2) is 5.65 Å². The molecule has 1 aromatic carbocycles. The monoisotopic (exact) mass is 610 g/mol. The number of fused-ring (bicyclic) bond motifs is 3. The third kappa shape index (κ3) is 6.10. The average Bonchev–Trinajstić information content (AvgIpc) is 3.68. The summed E-state index contributed by atoms with van der Waals surface area (Å²) in [4.78, 5) is 72.6. The summed E-state index contributed by atoms with van der Waals surface area (Å²) in [6.45, 7) is 0.264. The Bertz CT molecular complexity index is 1720. The molecule has 2 aliphatic heterocycles. The highest BCUT2D eigenvalue weighted by molar-refractivity contribution is 7.50. The van der Waals surface area contributed by atoms with Gasteiger partial charge in [-0.2, -0.15) is 0 Å². The molecule has 12 nitrogen and oxygen atoms in total. The number of nitrogens with zero attached hydrogens (tertiary/aromatic N) is 3. The van der Waals surface area contributed by atoms with Gasteiger partial charge < -0.3 is 30.3 Å². The molecule has 42 heavy (non-hydrogen) atoms. The Kier molecular flexibility index (Phi) is 7.84. The molecule has 14 heteroatoms. The van der Waals surface area contributed by atoms with E-state index in [2.05, 4.69) is 25.6 Å². The van der Waals surface area contributed by atoms with Crippen molar-refractivity contribution in [3.05, 3.63) is 58.9 Å². The lowest BCUT2D eigenvalue weighted by Crippen LogP contribution is -2.56. The Balaban J connectivity index is 1.14. The molecule has 220 valence electrons. The summed E-state index contributed by atoms with van der Waals surface area (Å²) < 4.78 is 12.2. The van der Waals surface area contributed by atoms with E-state index in [4.69, 9.17) is 0 Å². The van der Waals surface area contributed by atoms with E-state index in [-0.39, 0.29) is 36.5 Å². The lowest BCUT2D eigenvalue weighted by molar-refractivity contribution is -0.142. The molecule has 6 rings (SSSR count). The van der Waals surface area contributed by atoms with Gasteiger partial charge in [-0.3, -0.25) is 18.9 Å². The standard InChI is InChI=1S/C28H31N6O6PS/c35-26(30-13-17-10-21-25(29-12-17)32-15-31-21)22-7-6-19-3-1-2-4-20(28(37)34(19)22)33-27(36)24-11-18-9-16(14-41(38,39)40)5-8-23(18)42-24/h5,8-12,15,19-20,22H,1-4,6-7,13-14H2,(H,30,35)(H,33,36)(H,29,31,32)(H2,38,39,40)/t19-,20-,22-/m0/s1. The van der Waals surface area contributed by atoms with Crippen LogP contribution in [0.5, 0.6) is 0 Å². The molecule has 5 heterocycles. The van der Waals surface area contributed by atoms with E-state index >= 15 is 0 Å². The Labute approximate surface area is 245 Å². The van der Waals surface area contributed by atoms with Gasteiger partial charge in [-0.05, 0) is 66.5 Å². The maximum absolute atomic E-state index is 13.8. The molecule has 5 N–H and O–H groups in total. The van der Waals surface area contributed by atoms with Crippen LogP contribution in [-0.4, -0.2) is 65.5 Å². The summed E-state index contributed by atoms with van der Waals surface area (Å²) in [5, 5.41) is 6.58. The van der Waals surface area contributed by atoms with Crippen LogP contribution in [0.3, 0.4) is 0 Å². The second-order valence-electron chi connectivity index (χ2n) is 10.9. The van der Waals surface area contributed by atoms with Gasteiger partial charge in [0.05, 0.1) is 17.4 Å². The molecule has 0 bridgehead atoms. The van der Waals surface area contributed by atoms with Crippen molar-refractivity contribution in [3.63, 3.8) is 0 Å². The van der Waals surface area contributed by atoms with Gasteiger partial charge in [0, 0.05) is 23.5 Å². The van der Waals surface area contributed by atoms with Gasteiger partial charge in [-0.25, -0.2) is 9.97 Å². The highest BCUT2D eigenvalue weighted by atomic mass is 32.1. The lowest BCUT2D eigenvalue weighted by Gasteiger charge is -2.35. The minimum Gasteiger partial charge on any atom is -0.350 e. The van der Waals surface area contributed by atoms with Crippen molar-refractivity contribution in [2.24, 2.45) is 0 Å². The number of rotatable bonds is 7. The summed E-state index contributed by atoms with van der Waals surface area (Å²) in [6.07, 6.45) is 7.16. The Morgan fingerprint density at radius 3 is 2.74 bits per heavy atom. The number of hydrogen-bond acceptors (Lipinski definition) is 7. The first-order valence-electron chi connectivity index (χ1n) is 13.9. The van der Waals surface area contributed by atoms with Crippen LogP contribution in [0.15, 0.2) is 42.9 Å². The van der Waals surface area contributed by atoms with E-state index in [9.17, 15) is 28.7 Å². The molecular formula is C28H31N6O6PS. The lowest BCUT2D eigenvalue weighted by atomic mass is 9.99. The van der Waals surface area contributed by atoms with Gasteiger partial charge in [0.25, 0.3) is 5.91 Å². The van der Waals surface area contributed by atoms with Crippen LogP contribution in [0.1, 0.15) is 59.3 Å². The molecule has 2 aliphatic rings. The number of benzene rings is 1. The van der Waals surface area contributed by atoms with E-state index < -0.39 is 19.7 Å². The fourth-order valence-electron chi connectivity index (χ4n) is 5.96. The summed E-state index contributed by atoms with van der Waals surface area (Å²) in [7, 11) is -4.22. The minimum absolute atomic E-state index is 0.0493. The third-order valence-corrected chi connectivity index (χ3v) is 9.82. The molecule has 0 radical (unpaired) electrons. The number of aromatic nitrogens is 3. The fourth-order valence-corrected chi connectivity index (χ4v) is 7.58. The molecular weight excluding hydrogens is 579 g/mol. The van der Waals surface area contributed by atoms with Crippen molar-refractivity contribution in [2.45, 2.75) is 69.4 Å². The summed E-state index contributed by atoms with van der Waals surface area (Å²) >= 11 is 1.26. The Hall–Kier alpha value is -3.64. The van der Waals surface area contributed by atoms with Crippen LogP contribution < -0.4 is 10.6 Å².